The molecule has 1 atom stereocenters. The number of ketones is 1. The Balaban J connectivity index is 2.31. The van der Waals surface area contributed by atoms with Gasteiger partial charge in [-0.1, -0.05) is 18.2 Å². The summed E-state index contributed by atoms with van der Waals surface area (Å²) < 4.78 is 1.64. The average molecular weight is 301 g/mol. The molecule has 6 nitrogen and oxygen atoms in total. The maximum absolute atomic E-state index is 12.3. The van der Waals surface area contributed by atoms with E-state index >= 15 is 0 Å². The van der Waals surface area contributed by atoms with E-state index in [1.165, 1.54) is 6.92 Å². The predicted octanol–water partition coefficient (Wildman–Crippen LogP) is 1.17. The van der Waals surface area contributed by atoms with Crippen LogP contribution in [0.15, 0.2) is 30.3 Å². The van der Waals surface area contributed by atoms with E-state index in [-0.39, 0.29) is 6.54 Å². The molecule has 0 aliphatic rings. The summed E-state index contributed by atoms with van der Waals surface area (Å²) in [6.07, 6.45) is -0.703. The van der Waals surface area contributed by atoms with Crippen molar-refractivity contribution >= 4 is 11.7 Å². The summed E-state index contributed by atoms with van der Waals surface area (Å²) in [6.45, 7) is 5.02. The molecule has 116 valence electrons. The third-order valence-electron chi connectivity index (χ3n) is 3.28. The van der Waals surface area contributed by atoms with Crippen molar-refractivity contribution in [2.45, 2.75) is 26.9 Å². The molecule has 1 aromatic carbocycles. The molecule has 0 aliphatic heterocycles. The normalized spacial score (nSPS) is 12.0. The lowest BCUT2D eigenvalue weighted by Gasteiger charge is -2.07. The number of aryl methyl sites for hydroxylation is 1. The van der Waals surface area contributed by atoms with Gasteiger partial charge < -0.3 is 10.4 Å². The summed E-state index contributed by atoms with van der Waals surface area (Å²) in [7, 11) is 0. The van der Waals surface area contributed by atoms with Crippen molar-refractivity contribution in [1.29, 1.82) is 0 Å². The van der Waals surface area contributed by atoms with Crippen LogP contribution in [0, 0.1) is 13.8 Å². The van der Waals surface area contributed by atoms with E-state index in [4.69, 9.17) is 0 Å². The molecule has 1 unspecified atom stereocenters. The number of amides is 1. The van der Waals surface area contributed by atoms with Crippen molar-refractivity contribution in [1.82, 2.24) is 15.1 Å². The molecule has 1 heterocycles. The molecule has 0 saturated heterocycles. The lowest BCUT2D eigenvalue weighted by Crippen LogP contribution is -2.36. The Bertz CT molecular complexity index is 690. The van der Waals surface area contributed by atoms with Crippen LogP contribution in [0.3, 0.4) is 0 Å². The minimum atomic E-state index is -0.736. The molecular formula is C16H19N3O3. The van der Waals surface area contributed by atoms with Crippen LogP contribution in [0.5, 0.6) is 0 Å². The third-order valence-corrected chi connectivity index (χ3v) is 3.28. The highest BCUT2D eigenvalue weighted by molar-refractivity contribution is 6.43. The number of aliphatic hydroxyl groups excluding tert-OH is 1. The average Bonchev–Trinajstić information content (AvgIpc) is 2.80. The fourth-order valence-electron chi connectivity index (χ4n) is 2.23. The molecule has 2 aromatic rings. The third kappa shape index (κ3) is 3.23. The van der Waals surface area contributed by atoms with Gasteiger partial charge in [0.25, 0.3) is 11.7 Å². The summed E-state index contributed by atoms with van der Waals surface area (Å²) in [6, 6.07) is 9.40. The molecule has 0 spiro atoms. The molecule has 1 aromatic heterocycles. The predicted molar refractivity (Wildman–Crippen MR) is 82.1 cm³/mol. The van der Waals surface area contributed by atoms with Gasteiger partial charge in [0.15, 0.2) is 0 Å². The van der Waals surface area contributed by atoms with Crippen LogP contribution in [0.25, 0.3) is 5.69 Å². The van der Waals surface area contributed by atoms with E-state index in [9.17, 15) is 14.7 Å². The monoisotopic (exact) mass is 301 g/mol. The Morgan fingerprint density at radius 1 is 1.27 bits per heavy atom. The quantitative estimate of drug-likeness (QED) is 0.641. The van der Waals surface area contributed by atoms with Crippen LogP contribution in [-0.2, 0) is 4.79 Å². The first kappa shape index (κ1) is 15.9. The molecule has 0 aliphatic carbocycles. The summed E-state index contributed by atoms with van der Waals surface area (Å²) in [4.78, 5) is 24.2. The van der Waals surface area contributed by atoms with Crippen LogP contribution in [-0.4, -0.2) is 39.2 Å². The van der Waals surface area contributed by atoms with E-state index in [2.05, 4.69) is 10.4 Å². The van der Waals surface area contributed by atoms with E-state index in [0.29, 0.717) is 17.0 Å². The lowest BCUT2D eigenvalue weighted by molar-refractivity contribution is -0.117. The number of aliphatic hydroxyl groups is 1. The zero-order chi connectivity index (χ0) is 16.3. The number of para-hydroxylation sites is 1. The second-order valence-corrected chi connectivity index (χ2v) is 5.18. The Labute approximate surface area is 128 Å². The van der Waals surface area contributed by atoms with Gasteiger partial charge in [-0.3, -0.25) is 9.59 Å². The second kappa shape index (κ2) is 6.53. The van der Waals surface area contributed by atoms with Gasteiger partial charge in [-0.05, 0) is 32.9 Å². The standard InChI is InChI=1S/C16H19N3O3/c1-10(20)9-17-16(22)15(21)14-11(2)18-19(12(14)3)13-7-5-4-6-8-13/h4-8,10,20H,9H2,1-3H3,(H,17,22). The fourth-order valence-corrected chi connectivity index (χ4v) is 2.23. The van der Waals surface area contributed by atoms with Crippen molar-refractivity contribution in [3.8, 4) is 5.69 Å². The van der Waals surface area contributed by atoms with Gasteiger partial charge in [0.1, 0.15) is 0 Å². The van der Waals surface area contributed by atoms with Crippen LogP contribution >= 0.6 is 0 Å². The lowest BCUT2D eigenvalue weighted by atomic mass is 10.1. The molecule has 1 amide bonds. The largest absolute Gasteiger partial charge is 0.392 e. The maximum atomic E-state index is 12.3. The first-order valence-electron chi connectivity index (χ1n) is 7.04. The van der Waals surface area contributed by atoms with Gasteiger partial charge in [0.05, 0.1) is 28.7 Å². The number of carbonyl (C=O) groups excluding carboxylic acids is 2. The zero-order valence-corrected chi connectivity index (χ0v) is 12.8. The number of Topliss-reactive ketones (excluding diaryl/α,β-unsaturated/α-hetero) is 1. The summed E-state index contributed by atoms with van der Waals surface area (Å²) >= 11 is 0. The molecule has 2 N–H and O–H groups in total. The minimum absolute atomic E-state index is 0.0372. The Kier molecular flexibility index (Phi) is 4.72. The molecule has 0 saturated carbocycles. The van der Waals surface area contributed by atoms with Crippen LogP contribution in [0.4, 0.5) is 0 Å². The molecule has 0 bridgehead atoms. The number of rotatable bonds is 5. The van der Waals surface area contributed by atoms with Crippen molar-refractivity contribution in [3.63, 3.8) is 0 Å². The number of carbonyl (C=O) groups is 2. The topological polar surface area (TPSA) is 84.2 Å². The molecule has 0 fully saturated rings. The highest BCUT2D eigenvalue weighted by Crippen LogP contribution is 2.18. The maximum Gasteiger partial charge on any atom is 0.292 e. The number of benzene rings is 1. The van der Waals surface area contributed by atoms with E-state index in [1.54, 1.807) is 18.5 Å². The number of nitrogens with one attached hydrogen (secondary N) is 1. The summed E-state index contributed by atoms with van der Waals surface area (Å²) in [5, 5.41) is 15.9. The van der Waals surface area contributed by atoms with Crippen LogP contribution in [0.1, 0.15) is 28.7 Å². The van der Waals surface area contributed by atoms with Crippen molar-refractivity contribution in [2.75, 3.05) is 6.54 Å². The van der Waals surface area contributed by atoms with Gasteiger partial charge in [-0.2, -0.15) is 5.10 Å². The molecule has 0 radical (unpaired) electrons. The number of aromatic nitrogens is 2. The van der Waals surface area contributed by atoms with Gasteiger partial charge >= 0.3 is 0 Å². The minimum Gasteiger partial charge on any atom is -0.392 e. The first-order valence-corrected chi connectivity index (χ1v) is 7.04. The Morgan fingerprint density at radius 2 is 1.91 bits per heavy atom. The molecule has 6 heteroatoms. The SMILES string of the molecule is Cc1nn(-c2ccccc2)c(C)c1C(=O)C(=O)NCC(C)O. The van der Waals surface area contributed by atoms with Crippen molar-refractivity contribution < 1.29 is 14.7 Å². The number of hydrogen-bond donors (Lipinski definition) is 2. The highest BCUT2D eigenvalue weighted by atomic mass is 16.3. The first-order chi connectivity index (χ1) is 10.4. The Hall–Kier alpha value is -2.47. The van der Waals surface area contributed by atoms with Crippen LogP contribution in [0.2, 0.25) is 0 Å². The summed E-state index contributed by atoms with van der Waals surface area (Å²) in [5.74, 6) is -1.38. The van der Waals surface area contributed by atoms with Crippen LogP contribution < -0.4 is 5.32 Å². The molecule has 2 rings (SSSR count). The molecule has 22 heavy (non-hydrogen) atoms. The van der Waals surface area contributed by atoms with E-state index < -0.39 is 17.8 Å². The number of hydrogen-bond acceptors (Lipinski definition) is 4. The molecular weight excluding hydrogens is 282 g/mol. The van der Waals surface area contributed by atoms with E-state index in [1.807, 2.05) is 30.3 Å². The summed E-state index contributed by atoms with van der Waals surface area (Å²) in [5.41, 5.74) is 2.23. The van der Waals surface area contributed by atoms with Crippen molar-refractivity contribution in [2.24, 2.45) is 0 Å². The van der Waals surface area contributed by atoms with Gasteiger partial charge in [-0.25, -0.2) is 4.68 Å². The Morgan fingerprint density at radius 3 is 2.50 bits per heavy atom. The highest BCUT2D eigenvalue weighted by Gasteiger charge is 2.24. The smallest absolute Gasteiger partial charge is 0.292 e. The second-order valence-electron chi connectivity index (χ2n) is 5.18. The zero-order valence-electron chi connectivity index (χ0n) is 12.8. The van der Waals surface area contributed by atoms with E-state index in [0.717, 1.165) is 5.69 Å². The number of nitrogens with zero attached hydrogens (tertiary/aromatic N) is 2. The van der Waals surface area contributed by atoms with Gasteiger partial charge in [0, 0.05) is 6.54 Å². The van der Waals surface area contributed by atoms with Crippen molar-refractivity contribution in [3.05, 3.63) is 47.3 Å². The van der Waals surface area contributed by atoms with Gasteiger partial charge in [0.2, 0.25) is 0 Å². The van der Waals surface area contributed by atoms with Gasteiger partial charge in [-0.15, -0.1) is 0 Å². The fraction of sp³-hybridized carbons (Fsp3) is 0.312.